The van der Waals surface area contributed by atoms with Gasteiger partial charge in [0.1, 0.15) is 34.5 Å². The van der Waals surface area contributed by atoms with Crippen LogP contribution in [-0.4, -0.2) is 49.9 Å². The van der Waals surface area contributed by atoms with Crippen LogP contribution >= 0.6 is 7.92 Å². The number of benzene rings is 3. The van der Waals surface area contributed by atoms with Crippen LogP contribution in [0.2, 0.25) is 0 Å². The fraction of sp³-hybridized carbons (Fsp3) is 0.250. The first kappa shape index (κ1) is 38.1. The monoisotopic (exact) mass is 779 g/mol. The molecule has 0 aliphatic rings. The molecular weight excluding hydrogens is 745 g/mol. The summed E-state index contributed by atoms with van der Waals surface area (Å²) in [5.41, 5.74) is 0.917. The van der Waals surface area contributed by atoms with Crippen LogP contribution < -0.4 is 44.3 Å². The van der Waals surface area contributed by atoms with E-state index < -0.39 is 15.2 Å². The van der Waals surface area contributed by atoms with Crippen molar-refractivity contribution in [2.24, 2.45) is 0 Å². The molecule has 0 aromatic heterocycles. The van der Waals surface area contributed by atoms with Crippen LogP contribution in [-0.2, 0) is 21.1 Å². The summed E-state index contributed by atoms with van der Waals surface area (Å²) in [7, 11) is 2.51. The van der Waals surface area contributed by atoms with Crippen LogP contribution in [0.1, 0.15) is 6.92 Å². The first-order valence-corrected chi connectivity index (χ1v) is 13.0. The number of allylic oxidation sites excluding steroid dienone is 1. The molecule has 13 heteroatoms. The molecule has 0 aliphatic carbocycles. The van der Waals surface area contributed by atoms with E-state index in [0.717, 1.165) is 21.5 Å². The van der Waals surface area contributed by atoms with E-state index in [9.17, 15) is 17.3 Å². The number of rotatable bonds is 9. The number of hydrogen-bond acceptors (Lipinski definition) is 6. The van der Waals surface area contributed by atoms with Gasteiger partial charge in [0.25, 0.3) is 0 Å². The summed E-state index contributed by atoms with van der Waals surface area (Å²) in [6, 6.07) is 17.2. The van der Waals surface area contributed by atoms with Crippen molar-refractivity contribution in [2.45, 2.75) is 6.92 Å². The Labute approximate surface area is 255 Å². The van der Waals surface area contributed by atoms with Crippen LogP contribution in [0.3, 0.4) is 0 Å². The first-order chi connectivity index (χ1) is 18.9. The third-order valence-corrected chi connectivity index (χ3v) is 7.54. The molecule has 0 N–H and O–H groups in total. The van der Waals surface area contributed by atoms with E-state index in [4.69, 9.17) is 28.4 Å². The zero-order chi connectivity index (χ0) is 30.5. The van der Waals surface area contributed by atoms with Crippen molar-refractivity contribution >= 4 is 31.1 Å². The minimum Gasteiger partial charge on any atom is -0.496 e. The maximum Gasteiger partial charge on any atom is 0.673 e. The van der Waals surface area contributed by atoms with Gasteiger partial charge >= 0.3 is 7.25 Å². The standard InChI is InChI=1S/C24H27O6P.C4H7.BF4.Pt/c1-25-16-10-7-11-17(26-2)22(16)31(23-18(27-3)12-8-13-19(23)28-4)24-20(29-5)14-9-15-21(24)30-6;1-4(2)3;2-1(3,4)5;/h7-15H,1-6H3;1-2H2,3H3;;/q;;-1;. The SMILES string of the molecule is COc1cccc(OC)c1P(c1c(OC)cccc1OC)c1c(OC)cccc1OC.F[B-](F)(F)F.[CH2]C(=C)C.[Pt]. The summed E-state index contributed by atoms with van der Waals surface area (Å²) in [5, 5.41) is 2.61. The normalized spacial score (nSPS) is 10.1. The average Bonchev–Trinajstić information content (AvgIpc) is 2.91. The molecule has 3 aromatic carbocycles. The quantitative estimate of drug-likeness (QED) is 0.147. The molecule has 229 valence electrons. The van der Waals surface area contributed by atoms with Gasteiger partial charge in [-0.2, -0.15) is 0 Å². The Balaban J connectivity index is 0.00000140. The molecular formula is C28H34BF4O6PPt-. The maximum absolute atomic E-state index is 9.75. The van der Waals surface area contributed by atoms with Crippen LogP contribution in [0.4, 0.5) is 17.3 Å². The van der Waals surface area contributed by atoms with Crippen molar-refractivity contribution < 1.29 is 66.7 Å². The summed E-state index contributed by atoms with van der Waals surface area (Å²) in [5.74, 6) is 4.12. The van der Waals surface area contributed by atoms with Gasteiger partial charge in [-0.15, -0.1) is 6.58 Å². The van der Waals surface area contributed by atoms with Crippen molar-refractivity contribution in [1.29, 1.82) is 0 Å². The Morgan fingerprint density at radius 2 is 0.707 bits per heavy atom. The van der Waals surface area contributed by atoms with E-state index >= 15 is 0 Å². The van der Waals surface area contributed by atoms with Crippen LogP contribution in [0, 0.1) is 6.92 Å². The largest absolute Gasteiger partial charge is 0.673 e. The molecule has 0 amide bonds. The molecule has 3 rings (SSSR count). The molecule has 0 saturated carbocycles. The van der Waals surface area contributed by atoms with E-state index in [1.165, 1.54) is 0 Å². The second kappa shape index (κ2) is 18.5. The first-order valence-electron chi connectivity index (χ1n) is 11.7. The Morgan fingerprint density at radius 3 is 0.829 bits per heavy atom. The molecule has 6 nitrogen and oxygen atoms in total. The molecule has 41 heavy (non-hydrogen) atoms. The van der Waals surface area contributed by atoms with Crippen molar-refractivity contribution in [3.05, 3.63) is 73.7 Å². The van der Waals surface area contributed by atoms with Gasteiger partial charge in [0.05, 0.1) is 58.6 Å². The van der Waals surface area contributed by atoms with Crippen LogP contribution in [0.25, 0.3) is 0 Å². The molecule has 0 atom stereocenters. The van der Waals surface area contributed by atoms with Crippen LogP contribution in [0.5, 0.6) is 34.5 Å². The predicted molar refractivity (Wildman–Crippen MR) is 155 cm³/mol. The Bertz CT molecular complexity index is 1040. The third-order valence-electron chi connectivity index (χ3n) is 4.88. The zero-order valence-corrected chi connectivity index (χ0v) is 27.1. The second-order valence-corrected chi connectivity index (χ2v) is 9.83. The molecule has 0 fully saturated rings. The van der Waals surface area contributed by atoms with E-state index in [1.54, 1.807) is 42.7 Å². The van der Waals surface area contributed by atoms with Gasteiger partial charge in [0.15, 0.2) is 0 Å². The van der Waals surface area contributed by atoms with E-state index in [-0.39, 0.29) is 21.1 Å². The molecule has 3 aromatic rings. The van der Waals surface area contributed by atoms with Gasteiger partial charge in [-0.3, -0.25) is 0 Å². The fourth-order valence-corrected chi connectivity index (χ4v) is 6.48. The van der Waals surface area contributed by atoms with Crippen molar-refractivity contribution in [3.8, 4) is 34.5 Å². The topological polar surface area (TPSA) is 55.4 Å². The van der Waals surface area contributed by atoms with Crippen molar-refractivity contribution in [2.75, 3.05) is 42.7 Å². The fourth-order valence-electron chi connectivity index (χ4n) is 3.49. The Kier molecular flexibility index (Phi) is 17.2. The van der Waals surface area contributed by atoms with E-state index in [0.29, 0.717) is 34.5 Å². The minimum absolute atomic E-state index is 0. The Morgan fingerprint density at radius 1 is 0.561 bits per heavy atom. The van der Waals surface area contributed by atoms with E-state index in [2.05, 4.69) is 13.5 Å². The number of hydrogen-bond donors (Lipinski definition) is 0. The molecule has 0 aliphatic heterocycles. The number of halogens is 4. The maximum atomic E-state index is 9.75. The predicted octanol–water partition coefficient (Wildman–Crippen LogP) is 6.19. The second-order valence-electron chi connectivity index (χ2n) is 7.82. The van der Waals surface area contributed by atoms with Gasteiger partial charge in [0.2, 0.25) is 0 Å². The van der Waals surface area contributed by atoms with Gasteiger partial charge in [0, 0.05) is 29.0 Å². The molecule has 0 spiro atoms. The van der Waals surface area contributed by atoms with Gasteiger partial charge in [-0.05, 0) is 50.2 Å². The molecule has 0 heterocycles. The van der Waals surface area contributed by atoms with Crippen molar-refractivity contribution in [3.63, 3.8) is 0 Å². The van der Waals surface area contributed by atoms with Crippen LogP contribution in [0.15, 0.2) is 66.7 Å². The minimum atomic E-state index is -6.00. The van der Waals surface area contributed by atoms with Gasteiger partial charge < -0.3 is 45.7 Å². The summed E-state index contributed by atoms with van der Waals surface area (Å²) < 4.78 is 73.7. The summed E-state index contributed by atoms with van der Waals surface area (Å²) in [4.78, 5) is 0. The average molecular weight is 779 g/mol. The molecule has 0 saturated heterocycles. The number of ether oxygens (including phenoxy) is 6. The molecule has 1 radical (unpaired) electrons. The number of methoxy groups -OCH3 is 6. The summed E-state index contributed by atoms with van der Waals surface area (Å²) in [6.07, 6.45) is 0. The smallest absolute Gasteiger partial charge is 0.496 e. The summed E-state index contributed by atoms with van der Waals surface area (Å²) in [6.45, 7) is 8.75. The zero-order valence-electron chi connectivity index (χ0n) is 23.9. The molecule has 0 unspecified atom stereocenters. The van der Waals surface area contributed by atoms with Gasteiger partial charge in [-0.1, -0.05) is 23.8 Å². The van der Waals surface area contributed by atoms with Crippen molar-refractivity contribution in [1.82, 2.24) is 0 Å². The summed E-state index contributed by atoms with van der Waals surface area (Å²) >= 11 is 0. The third kappa shape index (κ3) is 11.5. The Hall–Kier alpha value is -2.90. The van der Waals surface area contributed by atoms with E-state index in [1.807, 2.05) is 61.5 Å². The van der Waals surface area contributed by atoms with Gasteiger partial charge in [-0.25, -0.2) is 0 Å². The molecule has 0 bridgehead atoms.